The first-order valence-electron chi connectivity index (χ1n) is 12.2. The molecule has 0 saturated heterocycles. The smallest absolute Gasteiger partial charge is 0.278 e. The van der Waals surface area contributed by atoms with Gasteiger partial charge in [0.25, 0.3) is 5.56 Å². The molecule has 4 aromatic heterocycles. The molecule has 0 aliphatic heterocycles. The van der Waals surface area contributed by atoms with Crippen molar-refractivity contribution in [3.8, 4) is 22.8 Å². The minimum atomic E-state index is -1.18. The zero-order valence-electron chi connectivity index (χ0n) is 21.0. The van der Waals surface area contributed by atoms with E-state index in [9.17, 15) is 18.7 Å². The van der Waals surface area contributed by atoms with Crippen molar-refractivity contribution in [3.63, 3.8) is 0 Å². The molecule has 0 amide bonds. The van der Waals surface area contributed by atoms with E-state index in [4.69, 9.17) is 16.3 Å². The second kappa shape index (κ2) is 10.4. The fourth-order valence-corrected chi connectivity index (χ4v) is 4.87. The van der Waals surface area contributed by atoms with Gasteiger partial charge in [0.05, 0.1) is 17.6 Å². The molecule has 0 atom stereocenters. The van der Waals surface area contributed by atoms with Gasteiger partial charge in [0, 0.05) is 30.2 Å². The Morgan fingerprint density at radius 2 is 1.85 bits per heavy atom. The molecule has 0 bridgehead atoms. The SMILES string of the molecule is Cc1cnc(-c2ccnc(C3(O)CCCC3)n2)c(F)c1-n1c(C)cc(OCc2ncc(F)cc2F)c(Cl)c1=O. The highest BCUT2D eigenvalue weighted by Crippen LogP contribution is 2.37. The van der Waals surface area contributed by atoms with E-state index in [1.165, 1.54) is 24.5 Å². The first-order chi connectivity index (χ1) is 18.6. The molecule has 4 aromatic rings. The number of ether oxygens (including phenoxy) is 1. The molecule has 1 N–H and O–H groups in total. The maximum absolute atomic E-state index is 16.0. The van der Waals surface area contributed by atoms with E-state index in [2.05, 4.69) is 19.9 Å². The van der Waals surface area contributed by atoms with Crippen LogP contribution in [0.4, 0.5) is 13.2 Å². The standard InChI is InChI=1S/C27H23ClF3N5O3/c1-14-11-34-23(18-5-8-32-26(35-18)27(38)6-3-4-7-27)22(31)24(14)36-15(2)9-20(21(28)25(36)37)39-13-19-17(30)10-16(29)12-33-19/h5,8-12,38H,3-4,6-7,13H2,1-2H3. The van der Waals surface area contributed by atoms with Gasteiger partial charge < -0.3 is 9.84 Å². The third-order valence-electron chi connectivity index (χ3n) is 6.69. The van der Waals surface area contributed by atoms with Crippen LogP contribution < -0.4 is 10.3 Å². The molecule has 0 unspecified atom stereocenters. The van der Waals surface area contributed by atoms with E-state index >= 15 is 4.39 Å². The molecule has 1 saturated carbocycles. The molecule has 0 aromatic carbocycles. The summed E-state index contributed by atoms with van der Waals surface area (Å²) in [6.45, 7) is 2.73. The van der Waals surface area contributed by atoms with Gasteiger partial charge >= 0.3 is 0 Å². The quantitative estimate of drug-likeness (QED) is 0.351. The molecule has 202 valence electrons. The average molecular weight is 558 g/mol. The summed E-state index contributed by atoms with van der Waals surface area (Å²) >= 11 is 6.30. The van der Waals surface area contributed by atoms with Crippen LogP contribution in [0.5, 0.6) is 5.75 Å². The van der Waals surface area contributed by atoms with Gasteiger partial charge in [-0.15, -0.1) is 0 Å². The number of pyridine rings is 3. The second-order valence-electron chi connectivity index (χ2n) is 9.43. The second-order valence-corrected chi connectivity index (χ2v) is 9.81. The number of hydrogen-bond acceptors (Lipinski definition) is 7. The fourth-order valence-electron chi connectivity index (χ4n) is 4.68. The normalized spacial score (nSPS) is 14.5. The summed E-state index contributed by atoms with van der Waals surface area (Å²) in [7, 11) is 0. The molecule has 12 heteroatoms. The van der Waals surface area contributed by atoms with Crippen LogP contribution in [0.15, 0.2) is 41.6 Å². The van der Waals surface area contributed by atoms with Gasteiger partial charge in [-0.25, -0.2) is 23.1 Å². The van der Waals surface area contributed by atoms with Crippen LogP contribution in [-0.2, 0) is 12.2 Å². The summed E-state index contributed by atoms with van der Waals surface area (Å²) in [5.41, 5.74) is -1.55. The maximum atomic E-state index is 16.0. The Kier molecular flexibility index (Phi) is 7.13. The number of aliphatic hydroxyl groups is 1. The molecule has 1 aliphatic rings. The Morgan fingerprint density at radius 1 is 1.10 bits per heavy atom. The van der Waals surface area contributed by atoms with Crippen molar-refractivity contribution in [2.45, 2.75) is 51.7 Å². The Hall–Kier alpha value is -3.83. The molecule has 8 nitrogen and oxygen atoms in total. The van der Waals surface area contributed by atoms with Crippen LogP contribution in [0, 0.1) is 31.3 Å². The van der Waals surface area contributed by atoms with E-state index in [0.29, 0.717) is 24.5 Å². The zero-order chi connectivity index (χ0) is 27.9. The predicted octanol–water partition coefficient (Wildman–Crippen LogP) is 5.11. The van der Waals surface area contributed by atoms with Crippen LogP contribution in [0.3, 0.4) is 0 Å². The third-order valence-corrected chi connectivity index (χ3v) is 7.04. The maximum Gasteiger partial charge on any atom is 0.278 e. The highest BCUT2D eigenvalue weighted by Gasteiger charge is 2.36. The Balaban J connectivity index is 1.53. The number of nitrogens with zero attached hydrogens (tertiary/aromatic N) is 5. The summed E-state index contributed by atoms with van der Waals surface area (Å²) < 4.78 is 49.7. The van der Waals surface area contributed by atoms with E-state index < -0.39 is 35.2 Å². The van der Waals surface area contributed by atoms with Gasteiger partial charge in [0.15, 0.2) is 17.5 Å². The van der Waals surface area contributed by atoms with Gasteiger partial charge in [-0.3, -0.25) is 19.3 Å². The molecular weight excluding hydrogens is 535 g/mol. The Labute approximate surface area is 226 Å². The van der Waals surface area contributed by atoms with E-state index in [1.54, 1.807) is 13.8 Å². The van der Waals surface area contributed by atoms with Gasteiger partial charge in [0.2, 0.25) is 0 Å². The Morgan fingerprint density at radius 3 is 2.56 bits per heavy atom. The monoisotopic (exact) mass is 557 g/mol. The van der Waals surface area contributed by atoms with Crippen molar-refractivity contribution in [1.82, 2.24) is 24.5 Å². The molecule has 4 heterocycles. The fraction of sp³-hybridized carbons (Fsp3) is 0.296. The minimum absolute atomic E-state index is 0.0708. The molecule has 39 heavy (non-hydrogen) atoms. The third kappa shape index (κ3) is 4.99. The molecule has 5 rings (SSSR count). The topological polar surface area (TPSA) is 103 Å². The lowest BCUT2D eigenvalue weighted by molar-refractivity contribution is 0.0352. The van der Waals surface area contributed by atoms with Crippen molar-refractivity contribution in [2.24, 2.45) is 0 Å². The summed E-state index contributed by atoms with van der Waals surface area (Å²) in [6.07, 6.45) is 6.38. The minimum Gasteiger partial charge on any atom is -0.485 e. The predicted molar refractivity (Wildman–Crippen MR) is 136 cm³/mol. The van der Waals surface area contributed by atoms with E-state index in [-0.39, 0.29) is 45.1 Å². The summed E-state index contributed by atoms with van der Waals surface area (Å²) in [6, 6.07) is 3.55. The highest BCUT2D eigenvalue weighted by molar-refractivity contribution is 6.31. The van der Waals surface area contributed by atoms with Crippen LogP contribution in [0.2, 0.25) is 5.02 Å². The van der Waals surface area contributed by atoms with Crippen LogP contribution in [-0.4, -0.2) is 29.6 Å². The van der Waals surface area contributed by atoms with Crippen molar-refractivity contribution >= 4 is 11.6 Å². The number of aromatic nitrogens is 5. The Bertz CT molecular complexity index is 1640. The largest absolute Gasteiger partial charge is 0.485 e. The van der Waals surface area contributed by atoms with Crippen molar-refractivity contribution in [3.05, 3.63) is 92.4 Å². The van der Waals surface area contributed by atoms with Crippen LogP contribution in [0.1, 0.15) is 48.5 Å². The van der Waals surface area contributed by atoms with Crippen molar-refractivity contribution in [2.75, 3.05) is 0 Å². The summed E-state index contributed by atoms with van der Waals surface area (Å²) in [5.74, 6) is -2.43. The van der Waals surface area contributed by atoms with Gasteiger partial charge in [-0.1, -0.05) is 11.6 Å². The lowest BCUT2D eigenvalue weighted by Crippen LogP contribution is -2.25. The zero-order valence-corrected chi connectivity index (χ0v) is 21.8. The van der Waals surface area contributed by atoms with Crippen LogP contribution in [0.25, 0.3) is 17.1 Å². The number of hydrogen-bond donors (Lipinski definition) is 1. The molecule has 0 radical (unpaired) electrons. The van der Waals surface area contributed by atoms with Gasteiger partial charge in [-0.2, -0.15) is 0 Å². The first-order valence-corrected chi connectivity index (χ1v) is 12.5. The molecule has 1 fully saturated rings. The molecular formula is C27H23ClF3N5O3. The average Bonchev–Trinajstić information content (AvgIpc) is 3.36. The van der Waals surface area contributed by atoms with Crippen LogP contribution >= 0.6 is 11.6 Å². The highest BCUT2D eigenvalue weighted by atomic mass is 35.5. The lowest BCUT2D eigenvalue weighted by Gasteiger charge is -2.21. The summed E-state index contributed by atoms with van der Waals surface area (Å²) in [5, 5.41) is 10.5. The van der Waals surface area contributed by atoms with E-state index in [0.717, 1.165) is 23.6 Å². The number of rotatable bonds is 6. The first kappa shape index (κ1) is 26.8. The molecule has 1 aliphatic carbocycles. The lowest BCUT2D eigenvalue weighted by atomic mass is 10.0. The summed E-state index contributed by atoms with van der Waals surface area (Å²) in [4.78, 5) is 29.8. The number of halogens is 4. The van der Waals surface area contributed by atoms with E-state index in [1.807, 2.05) is 0 Å². The van der Waals surface area contributed by atoms with Crippen molar-refractivity contribution < 1.29 is 23.0 Å². The number of aryl methyl sites for hydroxylation is 2. The van der Waals surface area contributed by atoms with Gasteiger partial charge in [-0.05, 0) is 51.2 Å². The van der Waals surface area contributed by atoms with Crippen molar-refractivity contribution in [1.29, 1.82) is 0 Å². The molecule has 0 spiro atoms. The van der Waals surface area contributed by atoms with Gasteiger partial charge in [0.1, 0.15) is 40.2 Å².